The van der Waals surface area contributed by atoms with Crippen molar-refractivity contribution in [3.8, 4) is 0 Å². The van der Waals surface area contributed by atoms with Crippen LogP contribution in [-0.2, 0) is 4.79 Å². The third-order valence-electron chi connectivity index (χ3n) is 4.99. The molecule has 4 nitrogen and oxygen atoms in total. The Morgan fingerprint density at radius 1 is 1.17 bits per heavy atom. The molecule has 1 amide bonds. The van der Waals surface area contributed by atoms with Gasteiger partial charge in [-0.3, -0.25) is 14.7 Å². The Kier molecular flexibility index (Phi) is 5.82. The van der Waals surface area contributed by atoms with E-state index >= 15 is 0 Å². The highest BCUT2D eigenvalue weighted by Gasteiger charge is 2.32. The summed E-state index contributed by atoms with van der Waals surface area (Å²) in [5.41, 5.74) is 2.15. The Morgan fingerprint density at radius 3 is 2.46 bits per heavy atom. The van der Waals surface area contributed by atoms with Crippen LogP contribution in [0.4, 0.5) is 5.69 Å². The maximum Gasteiger partial charge on any atom is 0.215 e. The molecule has 0 aromatic heterocycles. The molecule has 1 aromatic carbocycles. The van der Waals surface area contributed by atoms with Gasteiger partial charge in [0.15, 0.2) is 5.17 Å². The second kappa shape index (κ2) is 8.06. The van der Waals surface area contributed by atoms with Gasteiger partial charge >= 0.3 is 0 Å². The summed E-state index contributed by atoms with van der Waals surface area (Å²) in [7, 11) is 2.06. The van der Waals surface area contributed by atoms with Gasteiger partial charge in [0.25, 0.3) is 0 Å². The van der Waals surface area contributed by atoms with E-state index in [-0.39, 0.29) is 6.17 Å². The van der Waals surface area contributed by atoms with E-state index in [9.17, 15) is 4.79 Å². The molecule has 1 aliphatic carbocycles. The lowest BCUT2D eigenvalue weighted by molar-refractivity contribution is -0.108. The SMILES string of the molecule is Cc1ccc(N(C=O)C2CSC(=NC3CCCCCC3)N2C)cc1. The van der Waals surface area contributed by atoms with Gasteiger partial charge in [0.05, 0.1) is 6.04 Å². The van der Waals surface area contributed by atoms with Crippen molar-refractivity contribution in [3.63, 3.8) is 0 Å². The lowest BCUT2D eigenvalue weighted by Gasteiger charge is -2.30. The van der Waals surface area contributed by atoms with Crippen molar-refractivity contribution in [1.82, 2.24) is 4.90 Å². The van der Waals surface area contributed by atoms with Crippen molar-refractivity contribution in [3.05, 3.63) is 29.8 Å². The number of nitrogens with zero attached hydrogens (tertiary/aromatic N) is 3. The molecular formula is C19H27N3OS. The number of carbonyl (C=O) groups is 1. The van der Waals surface area contributed by atoms with Crippen LogP contribution in [0.2, 0.25) is 0 Å². The minimum Gasteiger partial charge on any atom is -0.333 e. The first-order valence-corrected chi connectivity index (χ1v) is 9.91. The van der Waals surface area contributed by atoms with Crippen LogP contribution in [-0.4, -0.2) is 41.5 Å². The normalized spacial score (nSPS) is 24.2. The molecule has 1 aromatic rings. The summed E-state index contributed by atoms with van der Waals surface area (Å²) in [4.78, 5) is 20.7. The standard InChI is InChI=1S/C19H27N3OS/c1-15-9-11-17(12-10-15)22(14-23)18-13-24-19(21(18)2)20-16-7-5-3-4-6-8-16/h9-12,14,16,18H,3-8,13H2,1-2H3. The minimum atomic E-state index is 0.0414. The van der Waals surface area contributed by atoms with Gasteiger partial charge in [-0.15, -0.1) is 0 Å². The molecule has 1 aliphatic heterocycles. The molecule has 0 N–H and O–H groups in total. The largest absolute Gasteiger partial charge is 0.333 e. The molecule has 1 saturated carbocycles. The first-order chi connectivity index (χ1) is 11.7. The van der Waals surface area contributed by atoms with Gasteiger partial charge in [-0.25, -0.2) is 0 Å². The summed E-state index contributed by atoms with van der Waals surface area (Å²) in [6, 6.07) is 8.59. The molecule has 1 heterocycles. The fourth-order valence-electron chi connectivity index (χ4n) is 3.45. The van der Waals surface area contributed by atoms with Gasteiger partial charge in [0.1, 0.15) is 6.17 Å². The maximum absolute atomic E-state index is 11.7. The minimum absolute atomic E-state index is 0.0414. The topological polar surface area (TPSA) is 35.9 Å². The van der Waals surface area contributed by atoms with Gasteiger partial charge in [-0.2, -0.15) is 0 Å². The summed E-state index contributed by atoms with van der Waals surface area (Å²) >= 11 is 1.78. The van der Waals surface area contributed by atoms with E-state index < -0.39 is 0 Å². The Hall–Kier alpha value is -1.49. The molecule has 1 unspecified atom stereocenters. The number of amidine groups is 1. The molecule has 3 rings (SSSR count). The van der Waals surface area contributed by atoms with Crippen molar-refractivity contribution in [2.75, 3.05) is 17.7 Å². The van der Waals surface area contributed by atoms with Crippen molar-refractivity contribution in [1.29, 1.82) is 0 Å². The number of aliphatic imine (C=N–C) groups is 1. The van der Waals surface area contributed by atoms with Crippen LogP contribution in [0.25, 0.3) is 0 Å². The van der Waals surface area contributed by atoms with Gasteiger partial charge in [0.2, 0.25) is 6.41 Å². The van der Waals surface area contributed by atoms with Crippen LogP contribution in [0, 0.1) is 6.92 Å². The second-order valence-corrected chi connectivity index (χ2v) is 7.79. The number of thioether (sulfide) groups is 1. The fraction of sp³-hybridized carbons (Fsp3) is 0.579. The average molecular weight is 346 g/mol. The van der Waals surface area contributed by atoms with E-state index in [1.807, 2.05) is 17.0 Å². The van der Waals surface area contributed by atoms with Crippen LogP contribution in [0.5, 0.6) is 0 Å². The molecule has 1 saturated heterocycles. The van der Waals surface area contributed by atoms with Crippen molar-refractivity contribution in [2.24, 2.45) is 4.99 Å². The summed E-state index contributed by atoms with van der Waals surface area (Å²) < 4.78 is 0. The van der Waals surface area contributed by atoms with Crippen molar-refractivity contribution >= 4 is 29.0 Å². The van der Waals surface area contributed by atoms with E-state index in [1.54, 1.807) is 11.8 Å². The zero-order valence-electron chi connectivity index (χ0n) is 14.6. The molecule has 130 valence electrons. The van der Waals surface area contributed by atoms with Crippen LogP contribution < -0.4 is 4.90 Å². The lowest BCUT2D eigenvalue weighted by atomic mass is 10.1. The highest BCUT2D eigenvalue weighted by Crippen LogP contribution is 2.30. The Balaban J connectivity index is 1.73. The van der Waals surface area contributed by atoms with Gasteiger partial charge < -0.3 is 4.90 Å². The Morgan fingerprint density at radius 2 is 1.83 bits per heavy atom. The summed E-state index contributed by atoms with van der Waals surface area (Å²) in [5, 5.41) is 1.09. The Bertz CT molecular complexity index is 579. The molecule has 0 spiro atoms. The maximum atomic E-state index is 11.7. The van der Waals surface area contributed by atoms with E-state index in [0.29, 0.717) is 6.04 Å². The van der Waals surface area contributed by atoms with Crippen LogP contribution in [0.15, 0.2) is 29.3 Å². The second-order valence-electron chi connectivity index (χ2n) is 6.81. The van der Waals surface area contributed by atoms with Crippen molar-refractivity contribution < 1.29 is 4.79 Å². The van der Waals surface area contributed by atoms with Crippen molar-refractivity contribution in [2.45, 2.75) is 57.7 Å². The number of benzene rings is 1. The first kappa shape index (κ1) is 17.3. The highest BCUT2D eigenvalue weighted by atomic mass is 32.2. The van der Waals surface area contributed by atoms with Gasteiger partial charge in [-0.1, -0.05) is 55.1 Å². The van der Waals surface area contributed by atoms with Crippen LogP contribution >= 0.6 is 11.8 Å². The van der Waals surface area contributed by atoms with Gasteiger partial charge in [-0.05, 0) is 31.9 Å². The predicted octanol–water partition coefficient (Wildman–Crippen LogP) is 4.04. The molecule has 2 aliphatic rings. The number of rotatable bonds is 4. The molecular weight excluding hydrogens is 318 g/mol. The smallest absolute Gasteiger partial charge is 0.215 e. The molecule has 0 bridgehead atoms. The van der Waals surface area contributed by atoms with E-state index in [1.165, 1.54) is 44.1 Å². The van der Waals surface area contributed by atoms with E-state index in [4.69, 9.17) is 4.99 Å². The molecule has 1 atom stereocenters. The van der Waals surface area contributed by atoms with Gasteiger partial charge in [0, 0.05) is 18.5 Å². The van der Waals surface area contributed by atoms with E-state index in [2.05, 4.69) is 31.0 Å². The zero-order chi connectivity index (χ0) is 16.9. The quantitative estimate of drug-likeness (QED) is 0.610. The molecule has 0 radical (unpaired) electrons. The number of anilines is 1. The highest BCUT2D eigenvalue weighted by molar-refractivity contribution is 8.14. The van der Waals surface area contributed by atoms with E-state index in [0.717, 1.165) is 23.0 Å². The number of amides is 1. The van der Waals surface area contributed by atoms with Crippen LogP contribution in [0.3, 0.4) is 0 Å². The number of hydrogen-bond donors (Lipinski definition) is 0. The third kappa shape index (κ3) is 3.94. The lowest BCUT2D eigenvalue weighted by Crippen LogP contribution is -2.45. The number of hydrogen-bond acceptors (Lipinski definition) is 3. The molecule has 24 heavy (non-hydrogen) atoms. The Labute approximate surface area is 149 Å². The van der Waals surface area contributed by atoms with Crippen LogP contribution in [0.1, 0.15) is 44.1 Å². The fourth-order valence-corrected chi connectivity index (χ4v) is 4.68. The zero-order valence-corrected chi connectivity index (χ0v) is 15.5. The summed E-state index contributed by atoms with van der Waals surface area (Å²) in [5.74, 6) is 0.870. The number of aryl methyl sites for hydroxylation is 1. The summed E-state index contributed by atoms with van der Waals surface area (Å²) in [6.07, 6.45) is 8.68. The predicted molar refractivity (Wildman–Crippen MR) is 103 cm³/mol. The monoisotopic (exact) mass is 345 g/mol. The third-order valence-corrected chi connectivity index (χ3v) is 6.11. The molecule has 5 heteroatoms. The average Bonchev–Trinajstić information content (AvgIpc) is 2.79. The number of carbonyl (C=O) groups excluding carboxylic acids is 1. The summed E-state index contributed by atoms with van der Waals surface area (Å²) in [6.45, 7) is 2.06. The first-order valence-electron chi connectivity index (χ1n) is 8.93. The molecule has 2 fully saturated rings.